The minimum Gasteiger partial charge on any atom is -0.314 e. The van der Waals surface area contributed by atoms with E-state index >= 15 is 0 Å². The van der Waals surface area contributed by atoms with Gasteiger partial charge in [0.15, 0.2) is 0 Å². The quantitative estimate of drug-likeness (QED) is 0.671. The molecule has 130 valence electrons. The molecular formula is C21H24BrN3. The van der Waals surface area contributed by atoms with E-state index < -0.39 is 0 Å². The molecule has 2 aliphatic heterocycles. The molecule has 1 fully saturated rings. The molecule has 0 bridgehead atoms. The zero-order valence-corrected chi connectivity index (χ0v) is 16.3. The lowest BCUT2D eigenvalue weighted by Gasteiger charge is -2.36. The Kier molecular flexibility index (Phi) is 3.86. The predicted octanol–water partition coefficient (Wildman–Crippen LogP) is 4.71. The number of nitrogens with zero attached hydrogens (tertiary/aromatic N) is 3. The second-order valence-electron chi connectivity index (χ2n) is 7.78. The van der Waals surface area contributed by atoms with Crippen molar-refractivity contribution in [2.24, 2.45) is 16.8 Å². The predicted molar refractivity (Wildman–Crippen MR) is 108 cm³/mol. The number of halogens is 1. The highest BCUT2D eigenvalue weighted by Crippen LogP contribution is 2.45. The van der Waals surface area contributed by atoms with Crippen LogP contribution in [0.1, 0.15) is 36.9 Å². The molecule has 0 aromatic carbocycles. The lowest BCUT2D eigenvalue weighted by Crippen LogP contribution is -2.34. The van der Waals surface area contributed by atoms with Crippen molar-refractivity contribution >= 4 is 33.4 Å². The van der Waals surface area contributed by atoms with Crippen LogP contribution in [0.15, 0.2) is 39.6 Å². The summed E-state index contributed by atoms with van der Waals surface area (Å²) in [5.74, 6) is 1.28. The molecule has 3 nitrogen and oxygen atoms in total. The topological polar surface area (TPSA) is 20.5 Å². The number of aliphatic imine (C=N–C) groups is 1. The van der Waals surface area contributed by atoms with Crippen molar-refractivity contribution in [2.75, 3.05) is 20.1 Å². The minimum absolute atomic E-state index is 0.542. The highest BCUT2D eigenvalue weighted by atomic mass is 79.9. The molecule has 1 atom stereocenters. The summed E-state index contributed by atoms with van der Waals surface area (Å²) < 4.78 is 3.60. The van der Waals surface area contributed by atoms with E-state index in [1.54, 1.807) is 0 Å². The van der Waals surface area contributed by atoms with Crippen LogP contribution in [0.5, 0.6) is 0 Å². The third kappa shape index (κ3) is 2.53. The molecule has 1 saturated heterocycles. The van der Waals surface area contributed by atoms with Crippen LogP contribution in [0, 0.1) is 11.8 Å². The number of hydrogen-bond acceptors (Lipinski definition) is 2. The Labute approximate surface area is 157 Å². The molecule has 0 radical (unpaired) electrons. The van der Waals surface area contributed by atoms with Crippen LogP contribution in [0.3, 0.4) is 0 Å². The summed E-state index contributed by atoms with van der Waals surface area (Å²) in [6.07, 6.45) is 15.0. The van der Waals surface area contributed by atoms with E-state index in [4.69, 9.17) is 4.99 Å². The van der Waals surface area contributed by atoms with Gasteiger partial charge in [0, 0.05) is 28.4 Å². The Balaban J connectivity index is 1.62. The maximum atomic E-state index is 5.07. The van der Waals surface area contributed by atoms with Gasteiger partial charge in [0.05, 0.1) is 17.1 Å². The molecule has 0 amide bonds. The largest absolute Gasteiger partial charge is 0.314 e. The van der Waals surface area contributed by atoms with Crippen LogP contribution in [-0.4, -0.2) is 35.8 Å². The van der Waals surface area contributed by atoms with E-state index in [0.717, 1.165) is 25.2 Å². The van der Waals surface area contributed by atoms with Crippen LogP contribution in [-0.2, 0) is 6.42 Å². The van der Waals surface area contributed by atoms with Gasteiger partial charge in [0.25, 0.3) is 0 Å². The van der Waals surface area contributed by atoms with Gasteiger partial charge in [-0.15, -0.1) is 0 Å². The number of allylic oxidation sites excluding steroid dienone is 6. The lowest BCUT2D eigenvalue weighted by molar-refractivity contribution is 0.184. The summed E-state index contributed by atoms with van der Waals surface area (Å²) in [5.41, 5.74) is 6.67. The SMILES string of the molecule is CN1CCC(C2CC=C(Br)C3=C2N=CC2=CCCc4ccn3c42)CC1. The number of fused-ring (bicyclic) bond motifs is 1. The molecule has 5 rings (SSSR count). The van der Waals surface area contributed by atoms with Gasteiger partial charge in [0.1, 0.15) is 0 Å². The van der Waals surface area contributed by atoms with Crippen LogP contribution < -0.4 is 0 Å². The molecule has 4 aliphatic rings. The van der Waals surface area contributed by atoms with Crippen molar-refractivity contribution in [1.82, 2.24) is 9.47 Å². The number of rotatable bonds is 1. The van der Waals surface area contributed by atoms with E-state index in [1.807, 2.05) is 0 Å². The van der Waals surface area contributed by atoms with Crippen molar-refractivity contribution in [3.05, 3.63) is 45.9 Å². The van der Waals surface area contributed by atoms with E-state index in [1.165, 1.54) is 58.6 Å². The zero-order valence-electron chi connectivity index (χ0n) is 14.7. The van der Waals surface area contributed by atoms with Gasteiger partial charge in [-0.05, 0) is 85.7 Å². The maximum Gasteiger partial charge on any atom is 0.0815 e. The summed E-state index contributed by atoms with van der Waals surface area (Å²) >= 11 is 3.85. The minimum atomic E-state index is 0.542. The summed E-state index contributed by atoms with van der Waals surface area (Å²) in [7, 11) is 2.24. The molecule has 0 saturated carbocycles. The highest BCUT2D eigenvalue weighted by molar-refractivity contribution is 9.12. The molecular weight excluding hydrogens is 374 g/mol. The average molecular weight is 398 g/mol. The second-order valence-corrected chi connectivity index (χ2v) is 8.64. The molecule has 1 aromatic rings. The standard InChI is InChI=1S/C21H24BrN3/c1-24-10-7-14(8-11-24)17-5-6-18(22)21-19(17)23-13-16-4-2-3-15-9-12-25(21)20(15)16/h4,6,9,12-14,17H,2-3,5,7-8,10-11H2,1H3. The third-order valence-electron chi connectivity index (χ3n) is 6.31. The molecule has 25 heavy (non-hydrogen) atoms. The van der Waals surface area contributed by atoms with Gasteiger partial charge in [-0.1, -0.05) is 12.2 Å². The van der Waals surface area contributed by atoms with E-state index in [9.17, 15) is 0 Å². The fourth-order valence-corrected chi connectivity index (χ4v) is 5.48. The number of aryl methyl sites for hydroxylation is 1. The molecule has 3 heterocycles. The van der Waals surface area contributed by atoms with Gasteiger partial charge in [-0.25, -0.2) is 0 Å². The Morgan fingerprint density at radius 1 is 1.20 bits per heavy atom. The fraction of sp³-hybridized carbons (Fsp3) is 0.476. The molecule has 0 spiro atoms. The lowest BCUT2D eigenvalue weighted by atomic mass is 9.78. The number of likely N-dealkylation sites (tertiary alicyclic amines) is 1. The Bertz CT molecular complexity index is 831. The third-order valence-corrected chi connectivity index (χ3v) is 7.01. The number of aromatic nitrogens is 1. The van der Waals surface area contributed by atoms with Crippen molar-refractivity contribution in [3.63, 3.8) is 0 Å². The molecule has 1 aromatic heterocycles. The summed E-state index contributed by atoms with van der Waals surface area (Å²) in [6.45, 7) is 2.42. The molecule has 2 aliphatic carbocycles. The first kappa shape index (κ1) is 15.8. The number of hydrogen-bond donors (Lipinski definition) is 0. The Hall–Kier alpha value is -1.39. The van der Waals surface area contributed by atoms with Crippen LogP contribution in [0.4, 0.5) is 0 Å². The Morgan fingerprint density at radius 3 is 2.88 bits per heavy atom. The molecule has 0 N–H and O–H groups in total. The summed E-state index contributed by atoms with van der Waals surface area (Å²) in [4.78, 5) is 7.52. The van der Waals surface area contributed by atoms with Crippen molar-refractivity contribution in [2.45, 2.75) is 32.1 Å². The highest BCUT2D eigenvalue weighted by Gasteiger charge is 2.34. The molecule has 1 unspecified atom stereocenters. The Morgan fingerprint density at radius 2 is 2.04 bits per heavy atom. The fourth-order valence-electron chi connectivity index (χ4n) is 4.90. The second kappa shape index (κ2) is 6.10. The van der Waals surface area contributed by atoms with Crippen molar-refractivity contribution < 1.29 is 0 Å². The van der Waals surface area contributed by atoms with Gasteiger partial charge in [0.2, 0.25) is 0 Å². The van der Waals surface area contributed by atoms with Gasteiger partial charge < -0.3 is 9.47 Å². The zero-order chi connectivity index (χ0) is 17.0. The van der Waals surface area contributed by atoms with Crippen molar-refractivity contribution in [3.8, 4) is 0 Å². The van der Waals surface area contributed by atoms with Gasteiger partial charge in [-0.3, -0.25) is 4.99 Å². The first-order chi connectivity index (χ1) is 12.2. The normalized spacial score (nSPS) is 26.7. The van der Waals surface area contributed by atoms with Crippen LogP contribution in [0.2, 0.25) is 0 Å². The van der Waals surface area contributed by atoms with E-state index in [2.05, 4.69) is 63.1 Å². The van der Waals surface area contributed by atoms with Gasteiger partial charge >= 0.3 is 0 Å². The van der Waals surface area contributed by atoms with Crippen LogP contribution in [0.25, 0.3) is 11.3 Å². The maximum absolute atomic E-state index is 5.07. The smallest absolute Gasteiger partial charge is 0.0815 e. The van der Waals surface area contributed by atoms with Crippen molar-refractivity contribution in [1.29, 1.82) is 0 Å². The van der Waals surface area contributed by atoms with E-state index in [0.29, 0.717) is 5.92 Å². The summed E-state index contributed by atoms with van der Waals surface area (Å²) in [5, 5.41) is 0. The van der Waals surface area contributed by atoms with Crippen LogP contribution >= 0.6 is 15.9 Å². The number of piperidine rings is 1. The first-order valence-electron chi connectivity index (χ1n) is 9.46. The van der Waals surface area contributed by atoms with E-state index in [-0.39, 0.29) is 0 Å². The molecule has 4 heteroatoms. The average Bonchev–Trinajstić information content (AvgIpc) is 2.97. The summed E-state index contributed by atoms with van der Waals surface area (Å²) in [6, 6.07) is 2.30. The first-order valence-corrected chi connectivity index (χ1v) is 10.3. The van der Waals surface area contributed by atoms with Gasteiger partial charge in [-0.2, -0.15) is 0 Å². The monoisotopic (exact) mass is 397 g/mol.